The Kier molecular flexibility index (Phi) is 5.10. The highest BCUT2D eigenvalue weighted by molar-refractivity contribution is 5.83. The number of anilines is 1. The van der Waals surface area contributed by atoms with Gasteiger partial charge in [0.05, 0.1) is 7.11 Å². The standard InChI is InChI=1S/C12H15FN2O3/c1-8(16)15-11(12(17)18-2)7-14-10-5-3-9(13)4-6-10/h3-6,11,14H,7H2,1-2H3,(H,15,16). The van der Waals surface area contributed by atoms with E-state index in [1.165, 1.54) is 38.3 Å². The number of nitrogens with one attached hydrogen (secondary N) is 2. The molecule has 0 aromatic heterocycles. The zero-order chi connectivity index (χ0) is 13.5. The van der Waals surface area contributed by atoms with Crippen molar-refractivity contribution in [3.8, 4) is 0 Å². The van der Waals surface area contributed by atoms with E-state index in [1.54, 1.807) is 0 Å². The van der Waals surface area contributed by atoms with E-state index in [0.717, 1.165) is 0 Å². The van der Waals surface area contributed by atoms with Gasteiger partial charge in [0.1, 0.15) is 11.9 Å². The van der Waals surface area contributed by atoms with Gasteiger partial charge in [0.25, 0.3) is 0 Å². The Balaban J connectivity index is 2.58. The van der Waals surface area contributed by atoms with Crippen molar-refractivity contribution in [3.05, 3.63) is 30.1 Å². The zero-order valence-corrected chi connectivity index (χ0v) is 10.2. The lowest BCUT2D eigenvalue weighted by Gasteiger charge is -2.16. The van der Waals surface area contributed by atoms with E-state index < -0.39 is 12.0 Å². The number of rotatable bonds is 5. The van der Waals surface area contributed by atoms with Crippen molar-refractivity contribution >= 4 is 17.6 Å². The number of carbonyl (C=O) groups excluding carboxylic acids is 2. The number of hydrogen-bond donors (Lipinski definition) is 2. The largest absolute Gasteiger partial charge is 0.467 e. The van der Waals surface area contributed by atoms with Crippen molar-refractivity contribution in [2.75, 3.05) is 19.0 Å². The predicted molar refractivity (Wildman–Crippen MR) is 64.5 cm³/mol. The smallest absolute Gasteiger partial charge is 0.330 e. The summed E-state index contributed by atoms with van der Waals surface area (Å²) in [6.45, 7) is 1.48. The van der Waals surface area contributed by atoms with Crippen LogP contribution in [0.15, 0.2) is 24.3 Å². The molecule has 1 aromatic rings. The van der Waals surface area contributed by atoms with Crippen LogP contribution in [0, 0.1) is 5.82 Å². The van der Waals surface area contributed by atoms with Crippen LogP contribution in [0.2, 0.25) is 0 Å². The van der Waals surface area contributed by atoms with Gasteiger partial charge in [-0.1, -0.05) is 0 Å². The summed E-state index contributed by atoms with van der Waals surface area (Å²) >= 11 is 0. The Hall–Kier alpha value is -2.11. The molecule has 0 heterocycles. The molecule has 1 atom stereocenters. The quantitative estimate of drug-likeness (QED) is 0.767. The second kappa shape index (κ2) is 6.58. The van der Waals surface area contributed by atoms with Gasteiger partial charge in [-0.3, -0.25) is 4.79 Å². The van der Waals surface area contributed by atoms with Crippen LogP contribution >= 0.6 is 0 Å². The normalized spacial score (nSPS) is 11.5. The lowest BCUT2D eigenvalue weighted by Crippen LogP contribution is -2.45. The van der Waals surface area contributed by atoms with Crippen molar-refractivity contribution in [1.29, 1.82) is 0 Å². The molecule has 0 fully saturated rings. The van der Waals surface area contributed by atoms with Crippen LogP contribution in [0.3, 0.4) is 0 Å². The number of benzene rings is 1. The molecule has 1 amide bonds. The molecule has 0 bridgehead atoms. The van der Waals surface area contributed by atoms with Crippen molar-refractivity contribution < 1.29 is 18.7 Å². The number of esters is 1. The molecule has 18 heavy (non-hydrogen) atoms. The third-order valence-electron chi connectivity index (χ3n) is 2.22. The fourth-order valence-electron chi connectivity index (χ4n) is 1.37. The van der Waals surface area contributed by atoms with E-state index in [4.69, 9.17) is 0 Å². The maximum Gasteiger partial charge on any atom is 0.330 e. The topological polar surface area (TPSA) is 67.4 Å². The molecule has 0 aliphatic heterocycles. The molecule has 0 aliphatic rings. The summed E-state index contributed by atoms with van der Waals surface area (Å²) in [7, 11) is 1.25. The lowest BCUT2D eigenvalue weighted by atomic mass is 10.2. The number of carbonyl (C=O) groups is 2. The van der Waals surface area contributed by atoms with Gasteiger partial charge in [0, 0.05) is 19.2 Å². The second-order valence-corrected chi connectivity index (χ2v) is 3.66. The van der Waals surface area contributed by atoms with Gasteiger partial charge >= 0.3 is 5.97 Å². The molecule has 0 saturated carbocycles. The Morgan fingerprint density at radius 1 is 1.33 bits per heavy atom. The number of ether oxygens (including phenoxy) is 1. The van der Waals surface area contributed by atoms with Crippen molar-refractivity contribution in [2.24, 2.45) is 0 Å². The van der Waals surface area contributed by atoms with Gasteiger partial charge in [-0.15, -0.1) is 0 Å². The molecule has 1 rings (SSSR count). The van der Waals surface area contributed by atoms with Crippen molar-refractivity contribution in [2.45, 2.75) is 13.0 Å². The Labute approximate surface area is 104 Å². The number of amides is 1. The molecule has 6 heteroatoms. The molecule has 1 aromatic carbocycles. The van der Waals surface area contributed by atoms with Crippen molar-refractivity contribution in [3.63, 3.8) is 0 Å². The van der Waals surface area contributed by atoms with Gasteiger partial charge in [-0.05, 0) is 24.3 Å². The Morgan fingerprint density at radius 2 is 1.94 bits per heavy atom. The summed E-state index contributed by atoms with van der Waals surface area (Å²) < 4.78 is 17.2. The molecule has 5 nitrogen and oxygen atoms in total. The Morgan fingerprint density at radius 3 is 2.44 bits per heavy atom. The highest BCUT2D eigenvalue weighted by Crippen LogP contribution is 2.08. The van der Waals surface area contributed by atoms with E-state index in [0.29, 0.717) is 5.69 Å². The van der Waals surface area contributed by atoms with Crippen LogP contribution in [0.5, 0.6) is 0 Å². The third kappa shape index (κ3) is 4.40. The van der Waals surface area contributed by atoms with E-state index in [1.807, 2.05) is 0 Å². The molecule has 0 aliphatic carbocycles. The molecule has 0 saturated heterocycles. The van der Waals surface area contributed by atoms with Gasteiger partial charge in [0.2, 0.25) is 5.91 Å². The van der Waals surface area contributed by atoms with Crippen LogP contribution in [-0.4, -0.2) is 31.6 Å². The van der Waals surface area contributed by atoms with E-state index in [2.05, 4.69) is 15.4 Å². The molecule has 0 spiro atoms. The van der Waals surface area contributed by atoms with Crippen LogP contribution in [0.1, 0.15) is 6.92 Å². The first kappa shape index (κ1) is 14.0. The van der Waals surface area contributed by atoms with Gasteiger partial charge in [-0.25, -0.2) is 9.18 Å². The van der Waals surface area contributed by atoms with Crippen LogP contribution in [0.25, 0.3) is 0 Å². The monoisotopic (exact) mass is 254 g/mol. The fraction of sp³-hybridized carbons (Fsp3) is 0.333. The molecular formula is C12H15FN2O3. The molecule has 0 radical (unpaired) electrons. The Bertz CT molecular complexity index is 420. The molecule has 2 N–H and O–H groups in total. The van der Waals surface area contributed by atoms with E-state index >= 15 is 0 Å². The molecular weight excluding hydrogens is 239 g/mol. The van der Waals surface area contributed by atoms with E-state index in [9.17, 15) is 14.0 Å². The lowest BCUT2D eigenvalue weighted by molar-refractivity contribution is -0.144. The summed E-state index contributed by atoms with van der Waals surface area (Å²) in [6, 6.07) is 4.90. The SMILES string of the molecule is COC(=O)C(CNc1ccc(F)cc1)NC(C)=O. The minimum Gasteiger partial charge on any atom is -0.467 e. The van der Waals surface area contributed by atoms with Crippen molar-refractivity contribution in [1.82, 2.24) is 5.32 Å². The van der Waals surface area contributed by atoms with Crippen LogP contribution < -0.4 is 10.6 Å². The highest BCUT2D eigenvalue weighted by Gasteiger charge is 2.19. The fourth-order valence-corrected chi connectivity index (χ4v) is 1.37. The molecule has 1 unspecified atom stereocenters. The maximum atomic E-state index is 12.7. The minimum absolute atomic E-state index is 0.165. The summed E-state index contributed by atoms with van der Waals surface area (Å²) in [5.41, 5.74) is 0.649. The molecule has 98 valence electrons. The van der Waals surface area contributed by atoms with E-state index in [-0.39, 0.29) is 18.3 Å². The first-order valence-corrected chi connectivity index (χ1v) is 5.37. The zero-order valence-electron chi connectivity index (χ0n) is 10.2. The average molecular weight is 254 g/mol. The van der Waals surface area contributed by atoms with Crippen LogP contribution in [-0.2, 0) is 14.3 Å². The minimum atomic E-state index is -0.780. The third-order valence-corrected chi connectivity index (χ3v) is 2.22. The van der Waals surface area contributed by atoms with Gasteiger partial charge in [0.15, 0.2) is 0 Å². The maximum absolute atomic E-state index is 12.7. The first-order valence-electron chi connectivity index (χ1n) is 5.37. The van der Waals surface area contributed by atoms with Crippen LogP contribution in [0.4, 0.5) is 10.1 Å². The predicted octanol–water partition coefficient (Wildman–Crippen LogP) is 0.915. The summed E-state index contributed by atoms with van der Waals surface area (Å²) in [5.74, 6) is -1.21. The highest BCUT2D eigenvalue weighted by atomic mass is 19.1. The second-order valence-electron chi connectivity index (χ2n) is 3.66. The summed E-state index contributed by atoms with van der Waals surface area (Å²) in [6.07, 6.45) is 0. The first-order chi connectivity index (χ1) is 8.52. The number of halogens is 1. The summed E-state index contributed by atoms with van der Waals surface area (Å²) in [5, 5.41) is 5.37. The average Bonchev–Trinajstić information content (AvgIpc) is 2.35. The number of hydrogen-bond acceptors (Lipinski definition) is 4. The van der Waals surface area contributed by atoms with Gasteiger partial charge < -0.3 is 15.4 Å². The number of methoxy groups -OCH3 is 1. The summed E-state index contributed by atoms with van der Waals surface area (Å²) in [4.78, 5) is 22.3. The van der Waals surface area contributed by atoms with Gasteiger partial charge in [-0.2, -0.15) is 0 Å².